The smallest absolute Gasteiger partial charge is 0.222 e. The highest BCUT2D eigenvalue weighted by Crippen LogP contribution is 2.22. The molecular formula is C19H25NO4S2. The van der Waals surface area contributed by atoms with Gasteiger partial charge in [-0.15, -0.1) is 0 Å². The Morgan fingerprint density at radius 3 is 1.62 bits per heavy atom. The predicted molar refractivity (Wildman–Crippen MR) is 103 cm³/mol. The van der Waals surface area contributed by atoms with E-state index in [9.17, 15) is 16.8 Å². The van der Waals surface area contributed by atoms with Crippen LogP contribution in [0.4, 0.5) is 0 Å². The number of hydrogen-bond donors (Lipinski definition) is 1. The first-order valence-corrected chi connectivity index (χ1v) is 11.4. The van der Waals surface area contributed by atoms with Gasteiger partial charge in [0.25, 0.3) is 0 Å². The molecule has 0 aliphatic carbocycles. The molecule has 2 aromatic rings. The molecule has 1 N–H and O–H groups in total. The Balaban J connectivity index is 2.41. The van der Waals surface area contributed by atoms with Gasteiger partial charge in [-0.25, -0.2) is 16.8 Å². The van der Waals surface area contributed by atoms with E-state index in [0.717, 1.165) is 11.1 Å². The number of rotatable bonds is 7. The number of benzene rings is 2. The Labute approximate surface area is 156 Å². The molecule has 0 bridgehead atoms. The number of nitrogens with one attached hydrogen (secondary N) is 1. The quantitative estimate of drug-likeness (QED) is 0.779. The molecule has 0 spiro atoms. The lowest BCUT2D eigenvalue weighted by molar-refractivity contribution is 0.502. The van der Waals surface area contributed by atoms with Crippen LogP contribution in [0.5, 0.6) is 0 Å². The van der Waals surface area contributed by atoms with E-state index < -0.39 is 25.2 Å². The van der Waals surface area contributed by atoms with Crippen molar-refractivity contribution in [1.29, 1.82) is 0 Å². The molecule has 7 heteroatoms. The van der Waals surface area contributed by atoms with Gasteiger partial charge in [0.2, 0.25) is 10.0 Å². The molecule has 2 aromatic carbocycles. The monoisotopic (exact) mass is 395 g/mol. The number of aryl methyl sites for hydroxylation is 2. The standard InChI is InChI=1S/C19H25NO4S2/c1-14(2)13-19(25(21,22)17-9-5-15(3)6-10-17)20-26(23,24)18-11-7-16(4)8-12-18/h5-12,14,19-20H,13H2,1-4H3. The normalized spacial score (nSPS) is 13.7. The highest BCUT2D eigenvalue weighted by atomic mass is 32.2. The van der Waals surface area contributed by atoms with Crippen LogP contribution in [0.3, 0.4) is 0 Å². The van der Waals surface area contributed by atoms with Crippen LogP contribution in [0.15, 0.2) is 58.3 Å². The van der Waals surface area contributed by atoms with E-state index in [1.165, 1.54) is 24.3 Å². The highest BCUT2D eigenvalue weighted by Gasteiger charge is 2.32. The van der Waals surface area contributed by atoms with Gasteiger partial charge in [-0.05, 0) is 50.5 Å². The van der Waals surface area contributed by atoms with Gasteiger partial charge < -0.3 is 0 Å². The maximum Gasteiger partial charge on any atom is 0.241 e. The van der Waals surface area contributed by atoms with E-state index in [-0.39, 0.29) is 22.1 Å². The zero-order chi connectivity index (χ0) is 19.5. The molecule has 0 aliphatic rings. The van der Waals surface area contributed by atoms with Gasteiger partial charge in [-0.3, -0.25) is 0 Å². The minimum atomic E-state index is -3.95. The third-order valence-electron chi connectivity index (χ3n) is 4.03. The van der Waals surface area contributed by atoms with Crippen LogP contribution in [0.25, 0.3) is 0 Å². The van der Waals surface area contributed by atoms with Gasteiger partial charge >= 0.3 is 0 Å². The zero-order valence-corrected chi connectivity index (χ0v) is 17.1. The molecule has 1 atom stereocenters. The highest BCUT2D eigenvalue weighted by molar-refractivity contribution is 7.94. The van der Waals surface area contributed by atoms with Crippen LogP contribution in [-0.2, 0) is 19.9 Å². The van der Waals surface area contributed by atoms with Crippen molar-refractivity contribution in [3.63, 3.8) is 0 Å². The molecule has 0 fully saturated rings. The second-order valence-electron chi connectivity index (χ2n) is 6.91. The Morgan fingerprint density at radius 2 is 1.19 bits per heavy atom. The molecule has 0 radical (unpaired) electrons. The topological polar surface area (TPSA) is 80.3 Å². The van der Waals surface area contributed by atoms with E-state index in [1.54, 1.807) is 24.3 Å². The lowest BCUT2D eigenvalue weighted by atomic mass is 10.1. The number of hydrogen-bond acceptors (Lipinski definition) is 4. The van der Waals surface area contributed by atoms with Crippen LogP contribution in [0, 0.1) is 19.8 Å². The van der Waals surface area contributed by atoms with Crippen molar-refractivity contribution in [1.82, 2.24) is 4.72 Å². The van der Waals surface area contributed by atoms with Gasteiger partial charge in [-0.1, -0.05) is 49.2 Å². The maximum atomic E-state index is 13.0. The summed E-state index contributed by atoms with van der Waals surface area (Å²) in [6, 6.07) is 12.7. The van der Waals surface area contributed by atoms with E-state index in [2.05, 4.69) is 4.72 Å². The molecule has 1 unspecified atom stereocenters. The van der Waals surface area contributed by atoms with Crippen molar-refractivity contribution >= 4 is 19.9 Å². The molecule has 0 saturated carbocycles. The first-order chi connectivity index (χ1) is 12.0. The molecule has 0 aliphatic heterocycles. The largest absolute Gasteiger partial charge is 0.241 e. The fraction of sp³-hybridized carbons (Fsp3) is 0.368. The fourth-order valence-corrected chi connectivity index (χ4v) is 5.96. The van der Waals surface area contributed by atoms with E-state index in [0.29, 0.717) is 0 Å². The molecule has 0 aromatic heterocycles. The van der Waals surface area contributed by atoms with E-state index >= 15 is 0 Å². The summed E-state index contributed by atoms with van der Waals surface area (Å²) in [5.41, 5.74) is 1.86. The van der Waals surface area contributed by atoms with Crippen molar-refractivity contribution in [2.45, 2.75) is 49.3 Å². The van der Waals surface area contributed by atoms with Gasteiger partial charge in [0, 0.05) is 0 Å². The zero-order valence-electron chi connectivity index (χ0n) is 15.4. The second-order valence-corrected chi connectivity index (χ2v) is 10.8. The van der Waals surface area contributed by atoms with Crippen molar-refractivity contribution in [2.24, 2.45) is 5.92 Å². The van der Waals surface area contributed by atoms with E-state index in [1.807, 2.05) is 27.7 Å². The molecule has 26 heavy (non-hydrogen) atoms. The summed E-state index contributed by atoms with van der Waals surface area (Å²) in [6.45, 7) is 7.44. The Kier molecular flexibility index (Phi) is 6.26. The van der Waals surface area contributed by atoms with E-state index in [4.69, 9.17) is 0 Å². The third-order valence-corrected chi connectivity index (χ3v) is 7.65. The number of sulfonamides is 1. The van der Waals surface area contributed by atoms with Crippen LogP contribution in [0.1, 0.15) is 31.4 Å². The molecule has 0 heterocycles. The Bertz CT molecular complexity index is 946. The molecule has 0 amide bonds. The molecule has 0 saturated heterocycles. The molecule has 5 nitrogen and oxygen atoms in total. The predicted octanol–water partition coefficient (Wildman–Crippen LogP) is 3.43. The SMILES string of the molecule is Cc1ccc(S(=O)(=O)NC(CC(C)C)S(=O)(=O)c2ccc(C)cc2)cc1. The summed E-state index contributed by atoms with van der Waals surface area (Å²) in [6.07, 6.45) is 0.182. The molecule has 2 rings (SSSR count). The minimum absolute atomic E-state index is 0.000871. The summed E-state index contributed by atoms with van der Waals surface area (Å²) >= 11 is 0. The summed E-state index contributed by atoms with van der Waals surface area (Å²) < 4.78 is 53.8. The average molecular weight is 396 g/mol. The first-order valence-electron chi connectivity index (χ1n) is 8.42. The van der Waals surface area contributed by atoms with Gasteiger partial charge in [-0.2, -0.15) is 4.72 Å². The van der Waals surface area contributed by atoms with Crippen molar-refractivity contribution in [3.05, 3.63) is 59.7 Å². The van der Waals surface area contributed by atoms with Gasteiger partial charge in [0.15, 0.2) is 9.84 Å². The maximum absolute atomic E-state index is 13.0. The van der Waals surface area contributed by atoms with Crippen molar-refractivity contribution in [3.8, 4) is 0 Å². The van der Waals surface area contributed by atoms with Crippen LogP contribution in [-0.4, -0.2) is 22.2 Å². The lowest BCUT2D eigenvalue weighted by Crippen LogP contribution is -2.41. The van der Waals surface area contributed by atoms with Crippen LogP contribution < -0.4 is 4.72 Å². The minimum Gasteiger partial charge on any atom is -0.222 e. The van der Waals surface area contributed by atoms with Crippen LogP contribution >= 0.6 is 0 Å². The third kappa shape index (κ3) is 4.93. The van der Waals surface area contributed by atoms with Crippen molar-refractivity contribution < 1.29 is 16.8 Å². The molecular weight excluding hydrogens is 370 g/mol. The van der Waals surface area contributed by atoms with Gasteiger partial charge in [0.05, 0.1) is 9.79 Å². The Hall–Kier alpha value is -1.70. The second kappa shape index (κ2) is 7.90. The summed E-state index contributed by atoms with van der Waals surface area (Å²) in [5.74, 6) is 0.000871. The average Bonchev–Trinajstić information content (AvgIpc) is 2.54. The van der Waals surface area contributed by atoms with Gasteiger partial charge in [0.1, 0.15) is 5.37 Å². The Morgan fingerprint density at radius 1 is 0.769 bits per heavy atom. The summed E-state index contributed by atoms with van der Waals surface area (Å²) in [4.78, 5) is 0.163. The fourth-order valence-electron chi connectivity index (χ4n) is 2.52. The number of sulfone groups is 1. The van der Waals surface area contributed by atoms with Crippen molar-refractivity contribution in [2.75, 3.05) is 0 Å². The first kappa shape index (κ1) is 20.6. The lowest BCUT2D eigenvalue weighted by Gasteiger charge is -2.21. The summed E-state index contributed by atoms with van der Waals surface area (Å²) in [7, 11) is -7.80. The van der Waals surface area contributed by atoms with Crippen LogP contribution in [0.2, 0.25) is 0 Å². The summed E-state index contributed by atoms with van der Waals surface area (Å²) in [5, 5.41) is -1.23. The molecule has 142 valence electrons.